The Kier molecular flexibility index (Phi) is 4.36. The van der Waals surface area contributed by atoms with Crippen molar-refractivity contribution in [3.63, 3.8) is 0 Å². The lowest BCUT2D eigenvalue weighted by atomic mass is 10.0. The number of carbonyl (C=O) groups is 1. The zero-order valence-electron chi connectivity index (χ0n) is 12.8. The molecule has 0 unspecified atom stereocenters. The van der Waals surface area contributed by atoms with Crippen molar-refractivity contribution in [1.82, 2.24) is 0 Å². The summed E-state index contributed by atoms with van der Waals surface area (Å²) >= 11 is 0. The summed E-state index contributed by atoms with van der Waals surface area (Å²) in [4.78, 5) is 10.9. The van der Waals surface area contributed by atoms with Gasteiger partial charge < -0.3 is 14.3 Å². The first kappa shape index (κ1) is 15.2. The van der Waals surface area contributed by atoms with E-state index in [2.05, 4.69) is 26.0 Å². The summed E-state index contributed by atoms with van der Waals surface area (Å²) in [6.45, 7) is 8.28. The van der Waals surface area contributed by atoms with E-state index in [0.29, 0.717) is 18.3 Å². The van der Waals surface area contributed by atoms with E-state index in [0.717, 1.165) is 22.4 Å². The van der Waals surface area contributed by atoms with Crippen LogP contribution >= 0.6 is 0 Å². The van der Waals surface area contributed by atoms with Gasteiger partial charge in [-0.3, -0.25) is 0 Å². The quantitative estimate of drug-likeness (QED) is 0.891. The summed E-state index contributed by atoms with van der Waals surface area (Å²) in [6, 6.07) is 7.65. The van der Waals surface area contributed by atoms with Crippen molar-refractivity contribution >= 4 is 5.97 Å². The molecule has 0 atom stereocenters. The monoisotopic (exact) mass is 288 g/mol. The molecule has 4 nitrogen and oxygen atoms in total. The maximum absolute atomic E-state index is 10.9. The second-order valence-electron chi connectivity index (χ2n) is 5.48. The molecule has 0 radical (unpaired) electrons. The zero-order valence-corrected chi connectivity index (χ0v) is 12.8. The van der Waals surface area contributed by atoms with Crippen LogP contribution in [0.25, 0.3) is 0 Å². The Morgan fingerprint density at radius 2 is 2.00 bits per heavy atom. The normalized spacial score (nSPS) is 10.9. The van der Waals surface area contributed by atoms with Gasteiger partial charge >= 0.3 is 5.97 Å². The van der Waals surface area contributed by atoms with Gasteiger partial charge in [0, 0.05) is 5.56 Å². The van der Waals surface area contributed by atoms with Gasteiger partial charge in [-0.15, -0.1) is 0 Å². The van der Waals surface area contributed by atoms with Gasteiger partial charge in [-0.1, -0.05) is 26.0 Å². The Hall–Kier alpha value is -2.23. The largest absolute Gasteiger partial charge is 0.488 e. The molecular weight excluding hydrogens is 268 g/mol. The third-order valence-electron chi connectivity index (χ3n) is 3.41. The Bertz CT molecular complexity index is 653. The number of furan rings is 1. The molecule has 0 aliphatic carbocycles. The number of carboxylic acids is 1. The predicted octanol–water partition coefficient (Wildman–Crippen LogP) is 4.30. The lowest BCUT2D eigenvalue weighted by molar-refractivity contribution is 0.0661. The maximum Gasteiger partial charge on any atom is 0.371 e. The van der Waals surface area contributed by atoms with E-state index in [9.17, 15) is 4.79 Å². The van der Waals surface area contributed by atoms with Gasteiger partial charge in [-0.25, -0.2) is 4.79 Å². The molecule has 112 valence electrons. The zero-order chi connectivity index (χ0) is 15.6. The molecule has 0 saturated heterocycles. The molecule has 0 bridgehead atoms. The van der Waals surface area contributed by atoms with E-state index in [1.54, 1.807) is 6.92 Å². The van der Waals surface area contributed by atoms with E-state index in [4.69, 9.17) is 14.3 Å². The number of ether oxygens (including phenoxy) is 1. The van der Waals surface area contributed by atoms with Crippen molar-refractivity contribution in [2.75, 3.05) is 0 Å². The maximum atomic E-state index is 10.9. The number of rotatable bonds is 5. The topological polar surface area (TPSA) is 59.7 Å². The summed E-state index contributed by atoms with van der Waals surface area (Å²) in [6.07, 6.45) is 0. The third kappa shape index (κ3) is 3.45. The highest BCUT2D eigenvalue weighted by Crippen LogP contribution is 2.28. The molecular formula is C17H20O4. The molecule has 2 rings (SSSR count). The summed E-state index contributed by atoms with van der Waals surface area (Å²) in [5.41, 5.74) is 3.02. The highest BCUT2D eigenvalue weighted by atomic mass is 16.5. The summed E-state index contributed by atoms with van der Waals surface area (Å²) in [5.74, 6) is 0.649. The van der Waals surface area contributed by atoms with Crippen LogP contribution < -0.4 is 4.74 Å². The van der Waals surface area contributed by atoms with Crippen LogP contribution in [0.15, 0.2) is 28.7 Å². The molecule has 1 N–H and O–H groups in total. The van der Waals surface area contributed by atoms with E-state index in [1.165, 1.54) is 6.07 Å². The minimum atomic E-state index is -1.07. The van der Waals surface area contributed by atoms with Crippen molar-refractivity contribution < 1.29 is 19.1 Å². The summed E-state index contributed by atoms with van der Waals surface area (Å²) in [7, 11) is 0. The standard InChI is InChI=1S/C17H20O4/c1-10(2)14-6-5-11(3)7-15(14)20-9-13-8-16(17(18)19)21-12(13)4/h5-8,10H,9H2,1-4H3,(H,18,19). The molecule has 21 heavy (non-hydrogen) atoms. The average Bonchev–Trinajstić information content (AvgIpc) is 2.77. The Labute approximate surface area is 124 Å². The van der Waals surface area contributed by atoms with Crippen molar-refractivity contribution in [2.24, 2.45) is 0 Å². The first-order chi connectivity index (χ1) is 9.88. The van der Waals surface area contributed by atoms with Crippen molar-refractivity contribution in [3.8, 4) is 5.75 Å². The molecule has 1 aromatic carbocycles. The molecule has 0 fully saturated rings. The predicted molar refractivity (Wildman–Crippen MR) is 80.0 cm³/mol. The Balaban J connectivity index is 2.20. The summed E-state index contributed by atoms with van der Waals surface area (Å²) < 4.78 is 11.1. The molecule has 0 spiro atoms. The first-order valence-electron chi connectivity index (χ1n) is 6.94. The smallest absolute Gasteiger partial charge is 0.371 e. The van der Waals surface area contributed by atoms with E-state index in [1.807, 2.05) is 13.0 Å². The molecule has 4 heteroatoms. The number of hydrogen-bond donors (Lipinski definition) is 1. The molecule has 1 heterocycles. The SMILES string of the molecule is Cc1ccc(C(C)C)c(OCc2cc(C(=O)O)oc2C)c1. The molecule has 2 aromatic rings. The summed E-state index contributed by atoms with van der Waals surface area (Å²) in [5, 5.41) is 8.93. The second-order valence-corrected chi connectivity index (χ2v) is 5.48. The van der Waals surface area contributed by atoms with Crippen LogP contribution in [-0.2, 0) is 6.61 Å². The van der Waals surface area contributed by atoms with Crippen molar-refractivity contribution in [2.45, 2.75) is 40.2 Å². The minimum absolute atomic E-state index is 0.0561. The lowest BCUT2D eigenvalue weighted by Gasteiger charge is -2.14. The highest BCUT2D eigenvalue weighted by molar-refractivity contribution is 5.84. The van der Waals surface area contributed by atoms with Crippen LogP contribution in [0, 0.1) is 13.8 Å². The Morgan fingerprint density at radius 3 is 2.57 bits per heavy atom. The number of aryl methyl sites for hydroxylation is 2. The Morgan fingerprint density at radius 1 is 1.29 bits per heavy atom. The van der Waals surface area contributed by atoms with Crippen LogP contribution in [0.2, 0.25) is 0 Å². The van der Waals surface area contributed by atoms with Crippen LogP contribution in [0.4, 0.5) is 0 Å². The van der Waals surface area contributed by atoms with Gasteiger partial charge in [-0.05, 0) is 43.0 Å². The van der Waals surface area contributed by atoms with Gasteiger partial charge in [0.15, 0.2) is 0 Å². The molecule has 0 aliphatic heterocycles. The number of benzene rings is 1. The van der Waals surface area contributed by atoms with Crippen LogP contribution in [0.5, 0.6) is 5.75 Å². The van der Waals surface area contributed by atoms with Crippen LogP contribution in [0.1, 0.15) is 52.8 Å². The highest BCUT2D eigenvalue weighted by Gasteiger charge is 2.14. The molecule has 1 aromatic heterocycles. The fraction of sp³-hybridized carbons (Fsp3) is 0.353. The number of hydrogen-bond acceptors (Lipinski definition) is 3. The third-order valence-corrected chi connectivity index (χ3v) is 3.41. The van der Waals surface area contributed by atoms with E-state index in [-0.39, 0.29) is 5.76 Å². The first-order valence-corrected chi connectivity index (χ1v) is 6.94. The van der Waals surface area contributed by atoms with E-state index < -0.39 is 5.97 Å². The number of aromatic carboxylic acids is 1. The van der Waals surface area contributed by atoms with E-state index >= 15 is 0 Å². The van der Waals surface area contributed by atoms with Crippen LogP contribution in [-0.4, -0.2) is 11.1 Å². The van der Waals surface area contributed by atoms with Gasteiger partial charge in [0.2, 0.25) is 5.76 Å². The second kappa shape index (κ2) is 6.04. The lowest BCUT2D eigenvalue weighted by Crippen LogP contribution is -2.00. The molecule has 0 saturated carbocycles. The average molecular weight is 288 g/mol. The van der Waals surface area contributed by atoms with Gasteiger partial charge in [0.25, 0.3) is 0 Å². The van der Waals surface area contributed by atoms with Crippen molar-refractivity contribution in [3.05, 3.63) is 52.5 Å². The van der Waals surface area contributed by atoms with Crippen molar-refractivity contribution in [1.29, 1.82) is 0 Å². The minimum Gasteiger partial charge on any atom is -0.488 e. The molecule has 0 aliphatic rings. The number of carboxylic acid groups (broad SMARTS) is 1. The van der Waals surface area contributed by atoms with Gasteiger partial charge in [-0.2, -0.15) is 0 Å². The molecule has 0 amide bonds. The van der Waals surface area contributed by atoms with Gasteiger partial charge in [0.1, 0.15) is 18.1 Å². The van der Waals surface area contributed by atoms with Gasteiger partial charge in [0.05, 0.1) is 0 Å². The fourth-order valence-corrected chi connectivity index (χ4v) is 2.17. The fourth-order valence-electron chi connectivity index (χ4n) is 2.17. The van der Waals surface area contributed by atoms with Crippen LogP contribution in [0.3, 0.4) is 0 Å².